The van der Waals surface area contributed by atoms with E-state index in [-0.39, 0.29) is 5.82 Å². The van der Waals surface area contributed by atoms with Gasteiger partial charge in [0.1, 0.15) is 11.6 Å². The van der Waals surface area contributed by atoms with Crippen molar-refractivity contribution in [1.82, 2.24) is 10.6 Å². The van der Waals surface area contributed by atoms with Crippen molar-refractivity contribution in [2.24, 2.45) is 4.99 Å². The quantitative estimate of drug-likeness (QED) is 0.442. The maximum atomic E-state index is 13.2. The van der Waals surface area contributed by atoms with E-state index in [0.29, 0.717) is 6.54 Å². The highest BCUT2D eigenvalue weighted by Crippen LogP contribution is 2.04. The average molecular weight is 335 g/mol. The Labute approximate surface area is 140 Å². The van der Waals surface area contributed by atoms with Gasteiger partial charge < -0.3 is 15.1 Å². The number of aliphatic imine (C=N–C) groups is 1. The normalized spacial score (nSPS) is 11.5. The van der Waals surface area contributed by atoms with Crippen LogP contribution in [0, 0.1) is 5.82 Å². The molecule has 6 heteroatoms. The number of benzene rings is 1. The molecule has 23 heavy (non-hydrogen) atoms. The molecule has 124 valence electrons. The first kappa shape index (κ1) is 17.4. The minimum absolute atomic E-state index is 0.236. The maximum absolute atomic E-state index is 13.2. The van der Waals surface area contributed by atoms with Crippen molar-refractivity contribution >= 4 is 17.7 Å². The van der Waals surface area contributed by atoms with Crippen LogP contribution in [0.3, 0.4) is 0 Å². The van der Waals surface area contributed by atoms with Crippen molar-refractivity contribution in [3.8, 4) is 0 Å². The Bertz CT molecular complexity index is 602. The van der Waals surface area contributed by atoms with Crippen molar-refractivity contribution < 1.29 is 8.81 Å². The number of rotatable bonds is 8. The fraction of sp³-hybridized carbons (Fsp3) is 0.353. The summed E-state index contributed by atoms with van der Waals surface area (Å²) < 4.78 is 18.5. The highest BCUT2D eigenvalue weighted by Gasteiger charge is 2.01. The van der Waals surface area contributed by atoms with Crippen LogP contribution in [0.5, 0.6) is 0 Å². The van der Waals surface area contributed by atoms with Crippen LogP contribution in [0.25, 0.3) is 0 Å². The van der Waals surface area contributed by atoms with Crippen LogP contribution in [0.1, 0.15) is 11.3 Å². The van der Waals surface area contributed by atoms with E-state index in [2.05, 4.69) is 21.9 Å². The molecule has 0 fully saturated rings. The van der Waals surface area contributed by atoms with Gasteiger partial charge in [0.05, 0.1) is 12.8 Å². The molecular weight excluding hydrogens is 313 g/mol. The molecule has 1 aromatic carbocycles. The van der Waals surface area contributed by atoms with Gasteiger partial charge in [-0.2, -0.15) is 11.8 Å². The number of halogens is 1. The maximum Gasteiger partial charge on any atom is 0.191 e. The van der Waals surface area contributed by atoms with E-state index >= 15 is 0 Å². The van der Waals surface area contributed by atoms with E-state index in [1.165, 1.54) is 12.1 Å². The van der Waals surface area contributed by atoms with Crippen LogP contribution in [0.4, 0.5) is 4.39 Å². The van der Waals surface area contributed by atoms with Gasteiger partial charge >= 0.3 is 0 Å². The highest BCUT2D eigenvalue weighted by molar-refractivity contribution is 7.98. The van der Waals surface area contributed by atoms with E-state index in [9.17, 15) is 4.39 Å². The summed E-state index contributed by atoms with van der Waals surface area (Å²) in [4.78, 5) is 4.51. The molecule has 0 unspecified atom stereocenters. The van der Waals surface area contributed by atoms with E-state index in [1.54, 1.807) is 24.1 Å². The van der Waals surface area contributed by atoms with Crippen LogP contribution in [-0.2, 0) is 13.0 Å². The Morgan fingerprint density at radius 2 is 2.09 bits per heavy atom. The van der Waals surface area contributed by atoms with Gasteiger partial charge in [0.15, 0.2) is 5.96 Å². The molecule has 0 aliphatic rings. The van der Waals surface area contributed by atoms with Crippen molar-refractivity contribution in [3.05, 3.63) is 59.8 Å². The van der Waals surface area contributed by atoms with Gasteiger partial charge in [0, 0.05) is 25.3 Å². The number of nitrogens with one attached hydrogen (secondary N) is 2. The summed E-state index contributed by atoms with van der Waals surface area (Å²) in [5.41, 5.74) is 0.849. The lowest BCUT2D eigenvalue weighted by molar-refractivity contribution is 0.507. The molecule has 0 spiro atoms. The SMILES string of the molecule is CSCCNC(=NCc1cccc(F)c1)NCCc1ccco1. The molecule has 1 aromatic heterocycles. The molecule has 2 aromatic rings. The number of thioether (sulfide) groups is 1. The zero-order chi connectivity index (χ0) is 16.3. The van der Waals surface area contributed by atoms with Gasteiger partial charge in [-0.15, -0.1) is 0 Å². The topological polar surface area (TPSA) is 49.6 Å². The second-order valence-corrected chi connectivity index (χ2v) is 5.96. The van der Waals surface area contributed by atoms with Crippen molar-refractivity contribution in [2.45, 2.75) is 13.0 Å². The van der Waals surface area contributed by atoms with Crippen LogP contribution in [0.15, 0.2) is 52.1 Å². The fourth-order valence-electron chi connectivity index (χ4n) is 2.01. The van der Waals surface area contributed by atoms with Gasteiger partial charge in [-0.05, 0) is 36.1 Å². The Balaban J connectivity index is 1.87. The molecule has 0 aliphatic carbocycles. The zero-order valence-corrected chi connectivity index (χ0v) is 14.0. The van der Waals surface area contributed by atoms with Crippen LogP contribution >= 0.6 is 11.8 Å². The molecule has 4 nitrogen and oxygen atoms in total. The summed E-state index contributed by atoms with van der Waals surface area (Å²) in [7, 11) is 0. The van der Waals surface area contributed by atoms with E-state index in [1.807, 2.05) is 18.2 Å². The number of hydrogen-bond acceptors (Lipinski definition) is 3. The first-order chi connectivity index (χ1) is 11.3. The van der Waals surface area contributed by atoms with E-state index < -0.39 is 0 Å². The third-order valence-electron chi connectivity index (χ3n) is 3.15. The number of furan rings is 1. The van der Waals surface area contributed by atoms with Gasteiger partial charge in [-0.25, -0.2) is 9.38 Å². The standard InChI is InChI=1S/C17H22FN3OS/c1-23-11-9-20-17(19-8-7-16-6-3-10-22-16)21-13-14-4-2-5-15(18)12-14/h2-6,10,12H,7-9,11,13H2,1H3,(H2,19,20,21). The van der Waals surface area contributed by atoms with Gasteiger partial charge in [-0.1, -0.05) is 12.1 Å². The molecule has 0 atom stereocenters. The molecule has 0 amide bonds. The molecule has 0 saturated carbocycles. The van der Waals surface area contributed by atoms with Crippen molar-refractivity contribution in [3.63, 3.8) is 0 Å². The zero-order valence-electron chi connectivity index (χ0n) is 13.2. The second-order valence-electron chi connectivity index (χ2n) is 4.97. The Morgan fingerprint density at radius 3 is 2.83 bits per heavy atom. The Morgan fingerprint density at radius 1 is 1.22 bits per heavy atom. The summed E-state index contributed by atoms with van der Waals surface area (Å²) in [6.45, 7) is 1.99. The first-order valence-corrected chi connectivity index (χ1v) is 8.95. The third kappa shape index (κ3) is 6.78. The largest absolute Gasteiger partial charge is 0.469 e. The lowest BCUT2D eigenvalue weighted by Gasteiger charge is -2.12. The molecule has 0 bridgehead atoms. The summed E-state index contributed by atoms with van der Waals surface area (Å²) >= 11 is 1.77. The van der Waals surface area contributed by atoms with Crippen molar-refractivity contribution in [1.29, 1.82) is 0 Å². The fourth-order valence-corrected chi connectivity index (χ4v) is 2.32. The molecule has 0 radical (unpaired) electrons. The summed E-state index contributed by atoms with van der Waals surface area (Å²) in [5, 5.41) is 6.56. The lowest BCUT2D eigenvalue weighted by atomic mass is 10.2. The second kappa shape index (κ2) is 9.94. The van der Waals surface area contributed by atoms with Gasteiger partial charge in [0.25, 0.3) is 0 Å². The van der Waals surface area contributed by atoms with Crippen LogP contribution < -0.4 is 10.6 Å². The third-order valence-corrected chi connectivity index (χ3v) is 3.76. The molecular formula is C17H22FN3OS. The molecule has 2 N–H and O–H groups in total. The molecule has 1 heterocycles. The molecule has 0 saturated heterocycles. The average Bonchev–Trinajstić information content (AvgIpc) is 3.06. The monoisotopic (exact) mass is 335 g/mol. The minimum Gasteiger partial charge on any atom is -0.469 e. The number of guanidine groups is 1. The molecule has 2 rings (SSSR count). The lowest BCUT2D eigenvalue weighted by Crippen LogP contribution is -2.39. The smallest absolute Gasteiger partial charge is 0.191 e. The molecule has 0 aliphatic heterocycles. The number of hydrogen-bond donors (Lipinski definition) is 2. The summed E-state index contributed by atoms with van der Waals surface area (Å²) in [6, 6.07) is 10.3. The first-order valence-electron chi connectivity index (χ1n) is 7.56. The van der Waals surface area contributed by atoms with Gasteiger partial charge in [0.2, 0.25) is 0 Å². The minimum atomic E-state index is -0.236. The van der Waals surface area contributed by atoms with E-state index in [0.717, 1.165) is 42.5 Å². The summed E-state index contributed by atoms with van der Waals surface area (Å²) in [6.07, 6.45) is 4.52. The highest BCUT2D eigenvalue weighted by atomic mass is 32.2. The van der Waals surface area contributed by atoms with Crippen LogP contribution in [-0.4, -0.2) is 31.1 Å². The van der Waals surface area contributed by atoms with E-state index in [4.69, 9.17) is 4.42 Å². The Hall–Kier alpha value is -1.95. The van der Waals surface area contributed by atoms with Crippen molar-refractivity contribution in [2.75, 3.05) is 25.1 Å². The van der Waals surface area contributed by atoms with Crippen LogP contribution in [0.2, 0.25) is 0 Å². The predicted molar refractivity (Wildman–Crippen MR) is 94.3 cm³/mol. The number of nitrogens with zero attached hydrogens (tertiary/aromatic N) is 1. The van der Waals surface area contributed by atoms with Gasteiger partial charge in [-0.3, -0.25) is 0 Å². The predicted octanol–water partition coefficient (Wildman–Crippen LogP) is 3.06. The Kier molecular flexibility index (Phi) is 7.52. The summed E-state index contributed by atoms with van der Waals surface area (Å²) in [5.74, 6) is 2.43.